The highest BCUT2D eigenvalue weighted by Gasteiger charge is 2.57. The van der Waals surface area contributed by atoms with E-state index in [-0.39, 0.29) is 23.9 Å². The lowest BCUT2D eigenvalue weighted by atomic mass is 9.56. The summed E-state index contributed by atoms with van der Waals surface area (Å²) < 4.78 is 10.8. The molecule has 1 heterocycles. The zero-order chi connectivity index (χ0) is 22.1. The summed E-state index contributed by atoms with van der Waals surface area (Å²) >= 11 is 0. The van der Waals surface area contributed by atoms with Gasteiger partial charge < -0.3 is 19.9 Å². The van der Waals surface area contributed by atoms with Gasteiger partial charge in [0, 0.05) is 23.9 Å². The molecule has 2 aliphatic rings. The molecule has 32 heavy (non-hydrogen) atoms. The first kappa shape index (κ1) is 21.0. The quantitative estimate of drug-likeness (QED) is 0.571. The molecular formula is C28H31NO3. The fourth-order valence-electron chi connectivity index (χ4n) is 5.95. The first-order chi connectivity index (χ1) is 15.6. The minimum atomic E-state index is -0.903. The number of fused-ring (bicyclic) bond motifs is 2. The van der Waals surface area contributed by atoms with Crippen molar-refractivity contribution in [3.8, 4) is 11.5 Å². The number of hydrogen-bond donors (Lipinski definition) is 2. The molecule has 3 aromatic rings. The van der Waals surface area contributed by atoms with E-state index in [9.17, 15) is 5.11 Å². The van der Waals surface area contributed by atoms with Crippen molar-refractivity contribution in [2.24, 2.45) is 11.8 Å². The van der Waals surface area contributed by atoms with E-state index >= 15 is 0 Å². The maximum atomic E-state index is 12.5. The second-order valence-corrected chi connectivity index (χ2v) is 9.00. The molecule has 0 spiro atoms. The van der Waals surface area contributed by atoms with Crippen molar-refractivity contribution in [1.29, 1.82) is 0 Å². The number of benzene rings is 3. The molecule has 1 saturated carbocycles. The number of ether oxygens (including phenoxy) is 2. The predicted octanol–water partition coefficient (Wildman–Crippen LogP) is 5.39. The second kappa shape index (κ2) is 8.61. The van der Waals surface area contributed by atoms with Crippen LogP contribution >= 0.6 is 0 Å². The van der Waals surface area contributed by atoms with E-state index in [0.717, 1.165) is 36.3 Å². The Balaban J connectivity index is 1.62. The molecule has 166 valence electrons. The van der Waals surface area contributed by atoms with E-state index in [0.29, 0.717) is 0 Å². The summed E-state index contributed by atoms with van der Waals surface area (Å²) in [5.41, 5.74) is 2.49. The van der Waals surface area contributed by atoms with Crippen LogP contribution in [0.1, 0.15) is 48.0 Å². The highest BCUT2D eigenvalue weighted by molar-refractivity contribution is 5.37. The predicted molar refractivity (Wildman–Crippen MR) is 126 cm³/mol. The SMILES string of the molecule is COc1ccc(C2NC(c3ccc(OC)cc3)C3CCCC2C3(O)c2ccccc2)cc1. The molecule has 4 unspecified atom stereocenters. The van der Waals surface area contributed by atoms with Crippen molar-refractivity contribution >= 4 is 0 Å². The van der Waals surface area contributed by atoms with Gasteiger partial charge in [-0.3, -0.25) is 0 Å². The third kappa shape index (κ3) is 3.48. The van der Waals surface area contributed by atoms with Gasteiger partial charge in [-0.05, 0) is 53.8 Å². The molecule has 2 fully saturated rings. The Kier molecular flexibility index (Phi) is 5.66. The van der Waals surface area contributed by atoms with E-state index in [1.54, 1.807) is 14.2 Å². The number of methoxy groups -OCH3 is 2. The van der Waals surface area contributed by atoms with Gasteiger partial charge in [-0.1, -0.05) is 61.0 Å². The minimum Gasteiger partial charge on any atom is -0.497 e. The van der Waals surface area contributed by atoms with Gasteiger partial charge in [0.15, 0.2) is 0 Å². The maximum absolute atomic E-state index is 12.5. The van der Waals surface area contributed by atoms with Crippen LogP contribution in [0.25, 0.3) is 0 Å². The molecule has 5 rings (SSSR count). The summed E-state index contributed by atoms with van der Waals surface area (Å²) in [7, 11) is 3.38. The number of hydrogen-bond acceptors (Lipinski definition) is 4. The van der Waals surface area contributed by atoms with Crippen molar-refractivity contribution in [1.82, 2.24) is 5.32 Å². The number of rotatable bonds is 5. The summed E-state index contributed by atoms with van der Waals surface area (Å²) in [6.07, 6.45) is 3.09. The molecule has 1 aliphatic carbocycles. The lowest BCUT2D eigenvalue weighted by Crippen LogP contribution is -2.59. The van der Waals surface area contributed by atoms with Crippen LogP contribution in [-0.4, -0.2) is 19.3 Å². The van der Waals surface area contributed by atoms with Crippen LogP contribution in [0.3, 0.4) is 0 Å². The summed E-state index contributed by atoms with van der Waals surface area (Å²) in [6.45, 7) is 0. The zero-order valence-corrected chi connectivity index (χ0v) is 18.7. The van der Waals surface area contributed by atoms with Crippen molar-refractivity contribution in [2.45, 2.75) is 36.9 Å². The maximum Gasteiger partial charge on any atom is 0.118 e. The number of nitrogens with one attached hydrogen (secondary N) is 1. The highest BCUT2D eigenvalue weighted by Crippen LogP contribution is 2.58. The topological polar surface area (TPSA) is 50.7 Å². The van der Waals surface area contributed by atoms with Gasteiger partial charge in [0.2, 0.25) is 0 Å². The summed E-state index contributed by atoms with van der Waals surface area (Å²) in [5.74, 6) is 1.87. The lowest BCUT2D eigenvalue weighted by Gasteiger charge is -2.57. The third-order valence-corrected chi connectivity index (χ3v) is 7.51. The van der Waals surface area contributed by atoms with Gasteiger partial charge in [0.25, 0.3) is 0 Å². The van der Waals surface area contributed by atoms with Crippen molar-refractivity contribution in [3.63, 3.8) is 0 Å². The molecule has 0 radical (unpaired) electrons. The average Bonchev–Trinajstić information content (AvgIpc) is 2.85. The summed E-state index contributed by atoms with van der Waals surface area (Å²) in [6, 6.07) is 26.9. The molecule has 3 aromatic carbocycles. The van der Waals surface area contributed by atoms with Gasteiger partial charge in [0.05, 0.1) is 19.8 Å². The monoisotopic (exact) mass is 429 g/mol. The van der Waals surface area contributed by atoms with Crippen molar-refractivity contribution < 1.29 is 14.6 Å². The Morgan fingerprint density at radius 2 is 1.19 bits per heavy atom. The number of aliphatic hydroxyl groups is 1. The molecule has 1 aliphatic heterocycles. The van der Waals surface area contributed by atoms with Crippen LogP contribution < -0.4 is 14.8 Å². The highest BCUT2D eigenvalue weighted by atomic mass is 16.5. The van der Waals surface area contributed by atoms with E-state index < -0.39 is 5.60 Å². The van der Waals surface area contributed by atoms with Gasteiger partial charge >= 0.3 is 0 Å². The minimum absolute atomic E-state index is 0.0368. The first-order valence-electron chi connectivity index (χ1n) is 11.5. The average molecular weight is 430 g/mol. The summed E-state index contributed by atoms with van der Waals surface area (Å²) in [5, 5.41) is 16.4. The Morgan fingerprint density at radius 3 is 1.62 bits per heavy atom. The Labute approximate surface area is 190 Å². The smallest absolute Gasteiger partial charge is 0.118 e. The van der Waals surface area contributed by atoms with E-state index in [2.05, 4.69) is 41.7 Å². The molecule has 4 heteroatoms. The molecule has 1 saturated heterocycles. The Hall–Kier alpha value is -2.82. The third-order valence-electron chi connectivity index (χ3n) is 7.51. The molecule has 4 nitrogen and oxygen atoms in total. The van der Waals surface area contributed by atoms with E-state index in [1.807, 2.05) is 42.5 Å². The van der Waals surface area contributed by atoms with Crippen LogP contribution in [0.2, 0.25) is 0 Å². The van der Waals surface area contributed by atoms with Crippen LogP contribution in [0.15, 0.2) is 78.9 Å². The van der Waals surface area contributed by atoms with Gasteiger partial charge in [-0.2, -0.15) is 0 Å². The normalized spacial score (nSPS) is 29.3. The van der Waals surface area contributed by atoms with Gasteiger partial charge in [-0.15, -0.1) is 0 Å². The standard InChI is InChI=1S/C28H31NO3/c1-31-22-15-11-19(12-16-22)26-24-9-6-10-25(28(24,30)21-7-4-3-5-8-21)27(29-26)20-13-17-23(32-2)18-14-20/h3-5,7-8,11-18,24-27,29-30H,6,9-10H2,1-2H3. The van der Waals surface area contributed by atoms with Gasteiger partial charge in [0.1, 0.15) is 11.5 Å². The van der Waals surface area contributed by atoms with Crippen LogP contribution in [-0.2, 0) is 5.60 Å². The second-order valence-electron chi connectivity index (χ2n) is 9.00. The van der Waals surface area contributed by atoms with Crippen molar-refractivity contribution in [3.05, 3.63) is 95.6 Å². The molecule has 2 bridgehead atoms. The molecule has 2 N–H and O–H groups in total. The largest absolute Gasteiger partial charge is 0.497 e. The molecular weight excluding hydrogens is 398 g/mol. The number of piperidine rings is 1. The lowest BCUT2D eigenvalue weighted by molar-refractivity contribution is -0.153. The Morgan fingerprint density at radius 1 is 0.719 bits per heavy atom. The fraction of sp³-hybridized carbons (Fsp3) is 0.357. The molecule has 4 atom stereocenters. The molecule has 0 aromatic heterocycles. The Bertz CT molecular complexity index is 971. The summed E-state index contributed by atoms with van der Waals surface area (Å²) in [4.78, 5) is 0. The van der Waals surface area contributed by atoms with Crippen molar-refractivity contribution in [2.75, 3.05) is 14.2 Å². The van der Waals surface area contributed by atoms with E-state index in [1.165, 1.54) is 11.1 Å². The zero-order valence-electron chi connectivity index (χ0n) is 18.7. The van der Waals surface area contributed by atoms with Crippen LogP contribution in [0.5, 0.6) is 11.5 Å². The fourth-order valence-corrected chi connectivity index (χ4v) is 5.95. The van der Waals surface area contributed by atoms with Gasteiger partial charge in [-0.25, -0.2) is 0 Å². The van der Waals surface area contributed by atoms with E-state index in [4.69, 9.17) is 9.47 Å². The molecule has 0 amide bonds. The van der Waals surface area contributed by atoms with Crippen LogP contribution in [0, 0.1) is 11.8 Å². The first-order valence-corrected chi connectivity index (χ1v) is 11.5. The van der Waals surface area contributed by atoms with Crippen LogP contribution in [0.4, 0.5) is 0 Å².